The summed E-state index contributed by atoms with van der Waals surface area (Å²) in [6, 6.07) is 0. The molecule has 11 heavy (non-hydrogen) atoms. The van der Waals surface area contributed by atoms with E-state index in [-0.39, 0.29) is 11.7 Å². The fraction of sp³-hybridized carbons (Fsp3) is 0.889. The van der Waals surface area contributed by atoms with E-state index in [1.54, 1.807) is 6.92 Å². The van der Waals surface area contributed by atoms with Gasteiger partial charge in [0.1, 0.15) is 5.78 Å². The van der Waals surface area contributed by atoms with E-state index in [0.717, 1.165) is 12.8 Å². The minimum Gasteiger partial charge on any atom is -0.393 e. The molecule has 0 saturated carbocycles. The molecule has 0 aliphatic heterocycles. The molecule has 0 aromatic carbocycles. The van der Waals surface area contributed by atoms with Crippen molar-refractivity contribution in [3.63, 3.8) is 0 Å². The van der Waals surface area contributed by atoms with Crippen LogP contribution in [0.15, 0.2) is 0 Å². The molecule has 0 aromatic heterocycles. The Morgan fingerprint density at radius 2 is 1.82 bits per heavy atom. The number of rotatable bonds is 5. The van der Waals surface area contributed by atoms with E-state index in [9.17, 15) is 4.79 Å². The molecule has 1 unspecified atom stereocenters. The van der Waals surface area contributed by atoms with Crippen LogP contribution in [0.1, 0.15) is 40.0 Å². The Morgan fingerprint density at radius 3 is 2.09 bits per heavy atom. The van der Waals surface area contributed by atoms with E-state index in [4.69, 9.17) is 5.11 Å². The van der Waals surface area contributed by atoms with Crippen LogP contribution in [0.3, 0.4) is 0 Å². The number of carbonyl (C=O) groups is 1. The molecule has 2 heteroatoms. The predicted molar refractivity (Wildman–Crippen MR) is 45.4 cm³/mol. The van der Waals surface area contributed by atoms with Crippen LogP contribution >= 0.6 is 0 Å². The summed E-state index contributed by atoms with van der Waals surface area (Å²) < 4.78 is 0. The first-order valence-corrected chi connectivity index (χ1v) is 4.32. The average molecular weight is 158 g/mol. The van der Waals surface area contributed by atoms with Crippen LogP contribution < -0.4 is 0 Å². The van der Waals surface area contributed by atoms with Crippen LogP contribution in [0, 0.1) is 5.92 Å². The fourth-order valence-corrected chi connectivity index (χ4v) is 1.20. The molecule has 2 nitrogen and oxygen atoms in total. The van der Waals surface area contributed by atoms with Crippen molar-refractivity contribution in [3.05, 3.63) is 0 Å². The third kappa shape index (κ3) is 4.14. The van der Waals surface area contributed by atoms with Crippen molar-refractivity contribution >= 4 is 5.78 Å². The number of Topliss-reactive ketones (excluding diaryl/α,β-unsaturated/α-hetero) is 1. The SMILES string of the molecule is CCC(CC)C(=O)CC(C)O. The Bertz CT molecular complexity index is 115. The van der Waals surface area contributed by atoms with Crippen molar-refractivity contribution in [2.45, 2.75) is 46.1 Å². The van der Waals surface area contributed by atoms with Gasteiger partial charge in [-0.3, -0.25) is 4.79 Å². The van der Waals surface area contributed by atoms with Crippen molar-refractivity contribution in [1.82, 2.24) is 0 Å². The third-order valence-electron chi connectivity index (χ3n) is 1.94. The number of ketones is 1. The lowest BCUT2D eigenvalue weighted by atomic mass is 9.95. The van der Waals surface area contributed by atoms with Gasteiger partial charge in [0.2, 0.25) is 0 Å². The molecule has 0 amide bonds. The van der Waals surface area contributed by atoms with Crippen molar-refractivity contribution in [1.29, 1.82) is 0 Å². The molecule has 66 valence electrons. The molecule has 1 atom stereocenters. The van der Waals surface area contributed by atoms with Crippen LogP contribution in [0.25, 0.3) is 0 Å². The Morgan fingerprint density at radius 1 is 1.36 bits per heavy atom. The Hall–Kier alpha value is -0.370. The van der Waals surface area contributed by atoms with Gasteiger partial charge in [-0.1, -0.05) is 13.8 Å². The summed E-state index contributed by atoms with van der Waals surface area (Å²) in [5, 5.41) is 8.94. The molecule has 0 heterocycles. The molecule has 0 fully saturated rings. The van der Waals surface area contributed by atoms with E-state index in [2.05, 4.69) is 0 Å². The highest BCUT2D eigenvalue weighted by atomic mass is 16.3. The Kier molecular flexibility index (Phi) is 5.12. The summed E-state index contributed by atoms with van der Waals surface area (Å²) in [5.41, 5.74) is 0. The maximum Gasteiger partial charge on any atom is 0.138 e. The molecule has 0 rings (SSSR count). The van der Waals surface area contributed by atoms with Gasteiger partial charge in [0.05, 0.1) is 6.10 Å². The summed E-state index contributed by atoms with van der Waals surface area (Å²) >= 11 is 0. The van der Waals surface area contributed by atoms with Crippen molar-refractivity contribution in [3.8, 4) is 0 Å². The number of carbonyl (C=O) groups excluding carboxylic acids is 1. The van der Waals surface area contributed by atoms with Gasteiger partial charge in [0.15, 0.2) is 0 Å². The van der Waals surface area contributed by atoms with Crippen LogP contribution in [0.4, 0.5) is 0 Å². The van der Waals surface area contributed by atoms with Gasteiger partial charge >= 0.3 is 0 Å². The molecule has 1 N–H and O–H groups in total. The summed E-state index contributed by atoms with van der Waals surface area (Å²) in [6.07, 6.45) is 1.61. The first-order valence-electron chi connectivity index (χ1n) is 4.32. The van der Waals surface area contributed by atoms with Crippen molar-refractivity contribution < 1.29 is 9.90 Å². The molecule has 0 aliphatic carbocycles. The van der Waals surface area contributed by atoms with Crippen molar-refractivity contribution in [2.24, 2.45) is 5.92 Å². The summed E-state index contributed by atoms with van der Waals surface area (Å²) in [4.78, 5) is 11.3. The number of aliphatic hydroxyl groups is 1. The van der Waals surface area contributed by atoms with Gasteiger partial charge in [0, 0.05) is 12.3 Å². The second kappa shape index (κ2) is 5.30. The smallest absolute Gasteiger partial charge is 0.138 e. The van der Waals surface area contributed by atoms with Crippen molar-refractivity contribution in [2.75, 3.05) is 0 Å². The lowest BCUT2D eigenvalue weighted by molar-refractivity contribution is -0.124. The van der Waals surface area contributed by atoms with Gasteiger partial charge < -0.3 is 5.11 Å². The zero-order chi connectivity index (χ0) is 8.85. The van der Waals surface area contributed by atoms with E-state index in [1.807, 2.05) is 13.8 Å². The average Bonchev–Trinajstić information content (AvgIpc) is 1.88. The Balaban J connectivity index is 3.79. The maximum absolute atomic E-state index is 11.3. The minimum atomic E-state index is -0.483. The molecule has 0 bridgehead atoms. The molecule has 0 aromatic rings. The number of hydrogen-bond acceptors (Lipinski definition) is 2. The lowest BCUT2D eigenvalue weighted by Crippen LogP contribution is -2.17. The standard InChI is InChI=1S/C9H18O2/c1-4-8(5-2)9(11)6-7(3)10/h7-8,10H,4-6H2,1-3H3. The van der Waals surface area contributed by atoms with Gasteiger partial charge in [-0.2, -0.15) is 0 Å². The topological polar surface area (TPSA) is 37.3 Å². The second-order valence-electron chi connectivity index (χ2n) is 3.03. The van der Waals surface area contributed by atoms with E-state index < -0.39 is 6.10 Å². The second-order valence-corrected chi connectivity index (χ2v) is 3.03. The molecular weight excluding hydrogens is 140 g/mol. The van der Waals surface area contributed by atoms with Crippen LogP contribution in [-0.4, -0.2) is 17.0 Å². The highest BCUT2D eigenvalue weighted by molar-refractivity contribution is 5.81. The minimum absolute atomic E-state index is 0.157. The zero-order valence-electron chi connectivity index (χ0n) is 7.63. The van der Waals surface area contributed by atoms with Gasteiger partial charge in [0.25, 0.3) is 0 Å². The largest absolute Gasteiger partial charge is 0.393 e. The van der Waals surface area contributed by atoms with Gasteiger partial charge in [-0.25, -0.2) is 0 Å². The molecule has 0 radical (unpaired) electrons. The highest BCUT2D eigenvalue weighted by Crippen LogP contribution is 2.11. The highest BCUT2D eigenvalue weighted by Gasteiger charge is 2.15. The Labute approximate surface area is 68.6 Å². The normalized spacial score (nSPS) is 13.5. The maximum atomic E-state index is 11.3. The molecular formula is C9H18O2. The lowest BCUT2D eigenvalue weighted by Gasteiger charge is -2.11. The van der Waals surface area contributed by atoms with E-state index in [1.165, 1.54) is 0 Å². The number of hydrogen-bond donors (Lipinski definition) is 1. The molecule has 0 saturated heterocycles. The number of aliphatic hydroxyl groups excluding tert-OH is 1. The third-order valence-corrected chi connectivity index (χ3v) is 1.94. The van der Waals surface area contributed by atoms with Gasteiger partial charge in [-0.15, -0.1) is 0 Å². The van der Waals surface area contributed by atoms with Crippen LogP contribution in [0.5, 0.6) is 0 Å². The van der Waals surface area contributed by atoms with Crippen LogP contribution in [0.2, 0.25) is 0 Å². The monoisotopic (exact) mass is 158 g/mol. The zero-order valence-corrected chi connectivity index (χ0v) is 7.63. The van der Waals surface area contributed by atoms with E-state index in [0.29, 0.717) is 6.42 Å². The molecule has 0 spiro atoms. The van der Waals surface area contributed by atoms with E-state index >= 15 is 0 Å². The van der Waals surface area contributed by atoms with Crippen LogP contribution in [-0.2, 0) is 4.79 Å². The fourth-order valence-electron chi connectivity index (χ4n) is 1.20. The molecule has 0 aliphatic rings. The summed E-state index contributed by atoms with van der Waals surface area (Å²) in [5.74, 6) is 0.356. The predicted octanol–water partition coefficient (Wildman–Crippen LogP) is 1.76. The quantitative estimate of drug-likeness (QED) is 0.662. The summed E-state index contributed by atoms with van der Waals surface area (Å²) in [6.45, 7) is 5.67. The van der Waals surface area contributed by atoms with Gasteiger partial charge in [-0.05, 0) is 19.8 Å². The first-order chi connectivity index (χ1) is 5.11. The first kappa shape index (κ1) is 10.6. The summed E-state index contributed by atoms with van der Waals surface area (Å²) in [7, 11) is 0.